The van der Waals surface area contributed by atoms with Crippen molar-refractivity contribution in [3.05, 3.63) is 24.5 Å². The van der Waals surface area contributed by atoms with Crippen molar-refractivity contribution < 1.29 is 19.4 Å². The SMILES string of the molecule is C=C(C)C(=O)OC(=C)C([O])=O. The molecule has 0 bridgehead atoms. The number of hydrogen-bond acceptors (Lipinski definition) is 3. The van der Waals surface area contributed by atoms with Crippen molar-refractivity contribution in [2.75, 3.05) is 0 Å². The average molecular weight is 155 g/mol. The van der Waals surface area contributed by atoms with Crippen LogP contribution in [0.4, 0.5) is 0 Å². The van der Waals surface area contributed by atoms with Gasteiger partial charge in [-0.1, -0.05) is 6.58 Å². The van der Waals surface area contributed by atoms with Crippen molar-refractivity contribution >= 4 is 11.9 Å². The van der Waals surface area contributed by atoms with Gasteiger partial charge in [0.15, 0.2) is 0 Å². The maximum absolute atomic E-state index is 10.6. The summed E-state index contributed by atoms with van der Waals surface area (Å²) >= 11 is 0. The monoisotopic (exact) mass is 155 g/mol. The first-order valence-electron chi connectivity index (χ1n) is 2.73. The zero-order valence-electron chi connectivity index (χ0n) is 6.05. The second-order valence-electron chi connectivity index (χ2n) is 1.88. The fourth-order valence-corrected chi connectivity index (χ4v) is 0.241. The van der Waals surface area contributed by atoms with Gasteiger partial charge in [0.1, 0.15) is 0 Å². The Morgan fingerprint density at radius 1 is 1.27 bits per heavy atom. The Labute approximate surface area is 63.8 Å². The van der Waals surface area contributed by atoms with Crippen molar-refractivity contribution in [3.63, 3.8) is 0 Å². The number of carbonyl (C=O) groups excluding carboxylic acids is 2. The molecule has 0 aliphatic heterocycles. The zero-order valence-corrected chi connectivity index (χ0v) is 6.05. The second-order valence-corrected chi connectivity index (χ2v) is 1.88. The smallest absolute Gasteiger partial charge is 0.416 e. The highest BCUT2D eigenvalue weighted by Crippen LogP contribution is 1.99. The lowest BCUT2D eigenvalue weighted by Gasteiger charge is -1.99. The molecule has 0 aliphatic carbocycles. The Morgan fingerprint density at radius 3 is 2.00 bits per heavy atom. The molecule has 11 heavy (non-hydrogen) atoms. The van der Waals surface area contributed by atoms with E-state index in [-0.39, 0.29) is 5.57 Å². The highest BCUT2D eigenvalue weighted by Gasteiger charge is 2.12. The van der Waals surface area contributed by atoms with Crippen LogP contribution in [-0.2, 0) is 19.4 Å². The minimum atomic E-state index is -1.61. The molecule has 1 radical (unpaired) electrons. The summed E-state index contributed by atoms with van der Waals surface area (Å²) in [6.45, 7) is 7.56. The van der Waals surface area contributed by atoms with Crippen LogP contribution in [0.3, 0.4) is 0 Å². The summed E-state index contributed by atoms with van der Waals surface area (Å²) in [4.78, 5) is 20.5. The van der Waals surface area contributed by atoms with E-state index in [0.29, 0.717) is 0 Å². The molecular formula is C7H7O4. The first-order valence-corrected chi connectivity index (χ1v) is 2.73. The Morgan fingerprint density at radius 2 is 1.73 bits per heavy atom. The molecule has 59 valence electrons. The van der Waals surface area contributed by atoms with E-state index in [0.717, 1.165) is 0 Å². The maximum atomic E-state index is 10.6. The van der Waals surface area contributed by atoms with Gasteiger partial charge in [-0.15, -0.1) is 0 Å². The molecule has 4 nitrogen and oxygen atoms in total. The van der Waals surface area contributed by atoms with E-state index in [2.05, 4.69) is 17.9 Å². The number of carbonyl (C=O) groups is 2. The molecule has 0 fully saturated rings. The predicted octanol–water partition coefficient (Wildman–Crippen LogP) is 0.576. The van der Waals surface area contributed by atoms with Gasteiger partial charge in [0.05, 0.1) is 0 Å². The van der Waals surface area contributed by atoms with Crippen LogP contribution in [0.5, 0.6) is 0 Å². The first kappa shape index (κ1) is 9.42. The van der Waals surface area contributed by atoms with E-state index >= 15 is 0 Å². The fourth-order valence-electron chi connectivity index (χ4n) is 0.241. The van der Waals surface area contributed by atoms with Gasteiger partial charge in [0, 0.05) is 5.57 Å². The van der Waals surface area contributed by atoms with Crippen molar-refractivity contribution in [2.24, 2.45) is 0 Å². The number of rotatable bonds is 3. The zero-order chi connectivity index (χ0) is 9.02. The summed E-state index contributed by atoms with van der Waals surface area (Å²) in [7, 11) is 0. The van der Waals surface area contributed by atoms with Crippen LogP contribution in [0, 0.1) is 0 Å². The van der Waals surface area contributed by atoms with Crippen LogP contribution in [0.25, 0.3) is 0 Å². The van der Waals surface area contributed by atoms with Gasteiger partial charge in [0.25, 0.3) is 0 Å². The molecule has 0 aromatic carbocycles. The Bertz CT molecular complexity index is 203. The van der Waals surface area contributed by atoms with Crippen molar-refractivity contribution in [1.29, 1.82) is 0 Å². The molecule has 0 amide bonds. The van der Waals surface area contributed by atoms with Gasteiger partial charge in [-0.3, -0.25) is 0 Å². The van der Waals surface area contributed by atoms with Gasteiger partial charge in [-0.2, -0.15) is 0 Å². The van der Waals surface area contributed by atoms with Crippen molar-refractivity contribution in [1.82, 2.24) is 0 Å². The lowest BCUT2D eigenvalue weighted by atomic mass is 10.4. The van der Waals surface area contributed by atoms with Crippen molar-refractivity contribution in [2.45, 2.75) is 6.92 Å². The second kappa shape index (κ2) is 3.55. The van der Waals surface area contributed by atoms with E-state index < -0.39 is 17.7 Å². The van der Waals surface area contributed by atoms with Crippen molar-refractivity contribution in [3.8, 4) is 0 Å². The van der Waals surface area contributed by atoms with Gasteiger partial charge >= 0.3 is 11.9 Å². The third-order valence-electron chi connectivity index (χ3n) is 0.792. The third-order valence-corrected chi connectivity index (χ3v) is 0.792. The van der Waals surface area contributed by atoms with Crippen LogP contribution >= 0.6 is 0 Å². The Hall–Kier alpha value is -1.58. The Balaban J connectivity index is 4.07. The molecule has 0 unspecified atom stereocenters. The fraction of sp³-hybridized carbons (Fsp3) is 0.143. The van der Waals surface area contributed by atoms with Crippen LogP contribution in [0.2, 0.25) is 0 Å². The molecule has 0 aromatic heterocycles. The number of hydrogen-bond donors (Lipinski definition) is 0. The minimum absolute atomic E-state index is 0.104. The predicted molar refractivity (Wildman–Crippen MR) is 35.7 cm³/mol. The highest BCUT2D eigenvalue weighted by molar-refractivity contribution is 5.93. The molecule has 0 atom stereocenters. The highest BCUT2D eigenvalue weighted by atomic mass is 16.6. The summed E-state index contributed by atoms with van der Waals surface area (Å²) in [6, 6.07) is 0. The topological polar surface area (TPSA) is 63.3 Å². The lowest BCUT2D eigenvalue weighted by molar-refractivity contribution is -0.149. The Kier molecular flexibility index (Phi) is 3.04. The summed E-state index contributed by atoms with van der Waals surface area (Å²) in [5.41, 5.74) is 0.104. The molecule has 0 aromatic rings. The van der Waals surface area contributed by atoms with Crippen LogP contribution in [0.1, 0.15) is 6.92 Å². The van der Waals surface area contributed by atoms with E-state index in [1.165, 1.54) is 6.92 Å². The summed E-state index contributed by atoms with van der Waals surface area (Å²) < 4.78 is 4.18. The molecular weight excluding hydrogens is 148 g/mol. The van der Waals surface area contributed by atoms with Crippen LogP contribution in [-0.4, -0.2) is 11.9 Å². The molecule has 0 saturated carbocycles. The molecule has 4 heteroatoms. The van der Waals surface area contributed by atoms with E-state index in [1.807, 2.05) is 0 Å². The van der Waals surface area contributed by atoms with Gasteiger partial charge < -0.3 is 4.74 Å². The van der Waals surface area contributed by atoms with E-state index in [1.54, 1.807) is 0 Å². The molecule has 0 spiro atoms. The first-order chi connectivity index (χ1) is 4.95. The van der Waals surface area contributed by atoms with Crippen LogP contribution < -0.4 is 0 Å². The molecule has 0 saturated heterocycles. The largest absolute Gasteiger partial charge is 0.420 e. The van der Waals surface area contributed by atoms with Crippen LogP contribution in [0.15, 0.2) is 24.5 Å². The molecule has 0 N–H and O–H groups in total. The lowest BCUT2D eigenvalue weighted by Crippen LogP contribution is -2.09. The molecule has 0 rings (SSSR count). The standard InChI is InChI=1S/C7H7O4/c1-4(2)7(10)11-5(3)6(8)9/h1,3H2,2H3. The van der Waals surface area contributed by atoms with E-state index in [9.17, 15) is 14.7 Å². The molecule has 0 aliphatic rings. The molecule has 0 heterocycles. The average Bonchev–Trinajstić information content (AvgIpc) is 1.87. The number of ether oxygens (including phenoxy) is 1. The maximum Gasteiger partial charge on any atom is 0.420 e. The summed E-state index contributed by atoms with van der Waals surface area (Å²) in [5.74, 6) is -3.14. The summed E-state index contributed by atoms with van der Waals surface area (Å²) in [6.07, 6.45) is 0. The quantitative estimate of drug-likeness (QED) is 0.340. The van der Waals surface area contributed by atoms with E-state index in [4.69, 9.17) is 0 Å². The number of esters is 1. The minimum Gasteiger partial charge on any atom is -0.416 e. The summed E-state index contributed by atoms with van der Waals surface area (Å²) in [5, 5.41) is 9.94. The van der Waals surface area contributed by atoms with Gasteiger partial charge in [0.2, 0.25) is 5.76 Å². The van der Waals surface area contributed by atoms with Gasteiger partial charge in [-0.05, 0) is 13.5 Å². The van der Waals surface area contributed by atoms with Gasteiger partial charge in [-0.25, -0.2) is 14.7 Å². The third kappa shape index (κ3) is 3.20. The normalized spacial score (nSPS) is 8.45.